The minimum absolute atomic E-state index is 0. The fourth-order valence-corrected chi connectivity index (χ4v) is 0.0945. The van der Waals surface area contributed by atoms with Crippen LogP contribution in [0.2, 0.25) is 0 Å². The van der Waals surface area contributed by atoms with Crippen molar-refractivity contribution >= 4 is 25.7 Å². The van der Waals surface area contributed by atoms with Gasteiger partial charge in [0.25, 0.3) is 0 Å². The number of rotatable bonds is 2. The van der Waals surface area contributed by atoms with Gasteiger partial charge in [0.15, 0.2) is 0 Å². The molecule has 9 heteroatoms. The Kier molecular flexibility index (Phi) is 15.8. The molecule has 0 aromatic rings. The van der Waals surface area contributed by atoms with Gasteiger partial charge in [-0.05, 0) is 6.10 Å². The first kappa shape index (κ1) is 18.7. The topological polar surface area (TPSA) is 115 Å². The minimum atomic E-state index is -4.64. The number of hydrogen-bond acceptors (Lipinski definition) is 3. The molecule has 12 heavy (non-hydrogen) atoms. The summed E-state index contributed by atoms with van der Waals surface area (Å²) >= 11 is 4.94. The van der Waals surface area contributed by atoms with Gasteiger partial charge in [0, 0.05) is 5.88 Å². The Balaban J connectivity index is -0.000000126. The number of aliphatic hydroxyl groups excluding tert-OH is 1. The van der Waals surface area contributed by atoms with E-state index in [4.69, 9.17) is 36.0 Å². The van der Waals surface area contributed by atoms with E-state index in [1.165, 1.54) is 6.29 Å². The molecular formula is C3H7ClNaO6P. The summed E-state index contributed by atoms with van der Waals surface area (Å²) in [6, 6.07) is 0. The standard InChI is InChI=1S/C3H4ClO2.Na.H3O4P/c4-1-3(6)2-5;;1-5(2,3)4/h3,6H,1H2;;(H3,1,2,3,4)/q-1;+1;. The van der Waals surface area contributed by atoms with Crippen molar-refractivity contribution in [2.24, 2.45) is 0 Å². The van der Waals surface area contributed by atoms with Crippen molar-refractivity contribution in [3.8, 4) is 0 Å². The van der Waals surface area contributed by atoms with Crippen LogP contribution in [-0.2, 0) is 9.36 Å². The van der Waals surface area contributed by atoms with E-state index in [0.29, 0.717) is 0 Å². The summed E-state index contributed by atoms with van der Waals surface area (Å²) in [5.74, 6) is -0.0660. The summed E-state index contributed by atoms with van der Waals surface area (Å²) in [5, 5.41) is 8.11. The molecule has 1 unspecified atom stereocenters. The summed E-state index contributed by atoms with van der Waals surface area (Å²) in [6.45, 7) is 0. The summed E-state index contributed by atoms with van der Waals surface area (Å²) in [6.07, 6.45) is 0.183. The summed E-state index contributed by atoms with van der Waals surface area (Å²) in [5.41, 5.74) is 0. The molecule has 1 atom stereocenters. The molecule has 0 rings (SSSR count). The first-order valence-corrected chi connectivity index (χ1v) is 4.31. The predicted octanol–water partition coefficient (Wildman–Crippen LogP) is -4.23. The van der Waals surface area contributed by atoms with Crippen molar-refractivity contribution in [1.29, 1.82) is 0 Å². The number of aliphatic hydroxyl groups is 1. The van der Waals surface area contributed by atoms with Gasteiger partial charge in [-0.15, -0.1) is 11.6 Å². The van der Waals surface area contributed by atoms with Crippen LogP contribution < -0.4 is 29.6 Å². The minimum Gasteiger partial charge on any atom is -0.539 e. The number of alkyl halides is 1. The molecule has 4 N–H and O–H groups in total. The molecule has 6 nitrogen and oxygen atoms in total. The van der Waals surface area contributed by atoms with E-state index in [0.717, 1.165) is 0 Å². The molecule has 68 valence electrons. The molecule has 0 fully saturated rings. The zero-order chi connectivity index (χ0) is 9.49. The van der Waals surface area contributed by atoms with Crippen molar-refractivity contribution < 1.29 is 58.7 Å². The first-order valence-electron chi connectivity index (χ1n) is 2.21. The summed E-state index contributed by atoms with van der Waals surface area (Å²) in [7, 11) is -4.64. The molecule has 0 aromatic carbocycles. The van der Waals surface area contributed by atoms with Crippen LogP contribution in [0.5, 0.6) is 0 Å². The third-order valence-electron chi connectivity index (χ3n) is 0.282. The molecular weight excluding hydrogens is 221 g/mol. The van der Waals surface area contributed by atoms with E-state index in [2.05, 4.69) is 0 Å². The van der Waals surface area contributed by atoms with Gasteiger partial charge in [0.2, 0.25) is 0 Å². The smallest absolute Gasteiger partial charge is 0.539 e. The zero-order valence-corrected chi connectivity index (χ0v) is 9.87. The van der Waals surface area contributed by atoms with E-state index in [1.54, 1.807) is 0 Å². The molecule has 0 radical (unpaired) electrons. The summed E-state index contributed by atoms with van der Waals surface area (Å²) in [4.78, 5) is 30.8. The van der Waals surface area contributed by atoms with Crippen LogP contribution >= 0.6 is 19.4 Å². The number of phosphoric acid groups is 1. The van der Waals surface area contributed by atoms with Crippen molar-refractivity contribution in [3.63, 3.8) is 0 Å². The monoisotopic (exact) mass is 228 g/mol. The largest absolute Gasteiger partial charge is 1.00 e. The Bertz CT molecular complexity index is 139. The van der Waals surface area contributed by atoms with Crippen LogP contribution in [0.1, 0.15) is 0 Å². The van der Waals surface area contributed by atoms with Crippen molar-refractivity contribution in [1.82, 2.24) is 0 Å². The zero-order valence-electron chi connectivity index (χ0n) is 6.21. The van der Waals surface area contributed by atoms with E-state index in [-0.39, 0.29) is 35.4 Å². The Morgan fingerprint density at radius 2 is 1.67 bits per heavy atom. The maximum absolute atomic E-state index is 9.28. The third-order valence-corrected chi connectivity index (χ3v) is 0.575. The average molecular weight is 228 g/mol. The molecule has 0 aliphatic rings. The molecule has 0 heterocycles. The fourth-order valence-electron chi connectivity index (χ4n) is 0.0315. The maximum atomic E-state index is 9.28. The van der Waals surface area contributed by atoms with Gasteiger partial charge >= 0.3 is 37.4 Å². The summed E-state index contributed by atoms with van der Waals surface area (Å²) < 4.78 is 8.88. The molecule has 0 aliphatic heterocycles. The van der Waals surface area contributed by atoms with Crippen LogP contribution in [-0.4, -0.2) is 38.1 Å². The Morgan fingerprint density at radius 1 is 1.42 bits per heavy atom. The molecule has 0 aromatic heterocycles. The second kappa shape index (κ2) is 10.1. The second-order valence-electron chi connectivity index (χ2n) is 1.30. The van der Waals surface area contributed by atoms with E-state index in [9.17, 15) is 4.79 Å². The van der Waals surface area contributed by atoms with Crippen molar-refractivity contribution in [2.45, 2.75) is 6.10 Å². The molecule has 0 bridgehead atoms. The Morgan fingerprint density at radius 3 is 1.67 bits per heavy atom. The van der Waals surface area contributed by atoms with Gasteiger partial charge < -0.3 is 24.6 Å². The normalized spacial score (nSPS) is 11.8. The molecule has 0 aliphatic carbocycles. The Labute approximate surface area is 96.1 Å². The average Bonchev–Trinajstić information content (AvgIpc) is 1.83. The van der Waals surface area contributed by atoms with Crippen LogP contribution in [0.25, 0.3) is 0 Å². The van der Waals surface area contributed by atoms with Gasteiger partial charge in [-0.25, -0.2) is 10.9 Å². The van der Waals surface area contributed by atoms with Crippen LogP contribution in [0, 0.1) is 0 Å². The van der Waals surface area contributed by atoms with Crippen LogP contribution in [0.4, 0.5) is 0 Å². The van der Waals surface area contributed by atoms with E-state index < -0.39 is 13.9 Å². The number of hydrogen-bond donors (Lipinski definition) is 4. The molecule has 0 saturated carbocycles. The first-order chi connectivity index (χ1) is 4.81. The van der Waals surface area contributed by atoms with E-state index >= 15 is 0 Å². The molecule has 0 spiro atoms. The third kappa shape index (κ3) is 43.9. The van der Waals surface area contributed by atoms with Gasteiger partial charge in [-0.3, -0.25) is 0 Å². The quantitative estimate of drug-likeness (QED) is 0.165. The SMILES string of the molecule is O=P(O)(O)O.O=[C-]C(O)CCl.[Na+]. The number of halogens is 1. The van der Waals surface area contributed by atoms with Gasteiger partial charge in [-0.1, -0.05) is 0 Å². The van der Waals surface area contributed by atoms with Crippen LogP contribution in [0.3, 0.4) is 0 Å². The molecule has 0 amide bonds. The van der Waals surface area contributed by atoms with E-state index in [1.807, 2.05) is 0 Å². The van der Waals surface area contributed by atoms with Crippen LogP contribution in [0.15, 0.2) is 0 Å². The predicted molar refractivity (Wildman–Crippen MR) is 36.7 cm³/mol. The fraction of sp³-hybridized carbons (Fsp3) is 0.667. The molecule has 0 saturated heterocycles. The Hall–Kier alpha value is 1.03. The maximum Gasteiger partial charge on any atom is 1.00 e. The van der Waals surface area contributed by atoms with Crippen molar-refractivity contribution in [2.75, 3.05) is 5.88 Å². The van der Waals surface area contributed by atoms with Gasteiger partial charge in [0.05, 0.1) is 0 Å². The van der Waals surface area contributed by atoms with Crippen molar-refractivity contribution in [3.05, 3.63) is 0 Å². The van der Waals surface area contributed by atoms with Gasteiger partial charge in [0.1, 0.15) is 0 Å². The number of carbonyl (C=O) groups excluding carboxylic acids is 1. The van der Waals surface area contributed by atoms with Gasteiger partial charge in [-0.2, -0.15) is 0 Å². The second-order valence-corrected chi connectivity index (χ2v) is 2.64.